The molecule has 0 N–H and O–H groups in total. The third-order valence-corrected chi connectivity index (χ3v) is 20.2. The van der Waals surface area contributed by atoms with Crippen molar-refractivity contribution in [2.45, 2.75) is 109 Å². The van der Waals surface area contributed by atoms with E-state index in [1.54, 1.807) is 0 Å². The van der Waals surface area contributed by atoms with Gasteiger partial charge in [-0.15, -0.1) is 0 Å². The van der Waals surface area contributed by atoms with E-state index in [1.807, 2.05) is 56.3 Å². The van der Waals surface area contributed by atoms with Gasteiger partial charge in [0, 0.05) is 95.8 Å². The van der Waals surface area contributed by atoms with Crippen LogP contribution in [0.4, 0.5) is 0 Å². The number of aromatic nitrogens is 9. The van der Waals surface area contributed by atoms with Gasteiger partial charge in [0.25, 0.3) is 34.9 Å². The second-order valence-electron chi connectivity index (χ2n) is 27.2. The molecule has 13 nitrogen and oxygen atoms in total. The van der Waals surface area contributed by atoms with Gasteiger partial charge in [0.05, 0.1) is 37.8 Å². The number of hydrogen-bond donors (Lipinski definition) is 0. The van der Waals surface area contributed by atoms with Crippen molar-refractivity contribution in [1.82, 2.24) is 29.3 Å². The highest BCUT2D eigenvalue weighted by molar-refractivity contribution is 6.11. The quantitative estimate of drug-likeness (QED) is 0.139. The van der Waals surface area contributed by atoms with Crippen LogP contribution < -0.4 is 13.7 Å². The minimum Gasteiger partial charge on any atom is -0.456 e. The van der Waals surface area contributed by atoms with Crippen molar-refractivity contribution < 1.29 is 31.4 Å². The molecule has 0 atom stereocenters. The molecule has 0 fully saturated rings. The third-order valence-electron chi connectivity index (χ3n) is 20.2. The van der Waals surface area contributed by atoms with E-state index in [-0.39, 0.29) is 5.92 Å². The van der Waals surface area contributed by atoms with Crippen LogP contribution in [0.15, 0.2) is 194 Å². The highest BCUT2D eigenvalue weighted by atomic mass is 16.3. The summed E-state index contributed by atoms with van der Waals surface area (Å²) < 4.78 is 38.4. The molecule has 10 aromatic carbocycles. The highest BCUT2D eigenvalue weighted by Crippen LogP contribution is 2.45. The minimum atomic E-state index is 0.265. The Labute approximate surface area is 570 Å². The van der Waals surface area contributed by atoms with Crippen LogP contribution in [0.5, 0.6) is 0 Å². The van der Waals surface area contributed by atoms with Crippen LogP contribution in [0.1, 0.15) is 107 Å². The first kappa shape index (κ1) is 62.9. The van der Waals surface area contributed by atoms with E-state index in [9.17, 15) is 0 Å². The molecule has 0 saturated heterocycles. The summed E-state index contributed by atoms with van der Waals surface area (Å²) in [4.78, 5) is 0. The Morgan fingerprint density at radius 2 is 0.673 bits per heavy atom. The zero-order valence-corrected chi connectivity index (χ0v) is 59.1. The molecule has 7 aromatic heterocycles. The van der Waals surface area contributed by atoms with Crippen LogP contribution in [0.3, 0.4) is 0 Å². The van der Waals surface area contributed by atoms with Crippen molar-refractivity contribution in [2.75, 3.05) is 0 Å². The molecule has 0 spiro atoms. The van der Waals surface area contributed by atoms with Gasteiger partial charge in [-0.2, -0.15) is 0 Å². The summed E-state index contributed by atoms with van der Waals surface area (Å²) in [5.41, 5.74) is 24.6. The number of furan rings is 4. The fourth-order valence-corrected chi connectivity index (χ4v) is 14.9. The van der Waals surface area contributed by atoms with E-state index in [4.69, 9.17) is 33.0 Å². The highest BCUT2D eigenvalue weighted by Gasteiger charge is 2.36. The van der Waals surface area contributed by atoms with Crippen molar-refractivity contribution in [2.24, 2.45) is 21.1 Å². The first-order valence-corrected chi connectivity index (χ1v) is 33.9. The molecule has 0 aliphatic heterocycles. The van der Waals surface area contributed by atoms with Gasteiger partial charge in [-0.05, 0) is 148 Å². The van der Waals surface area contributed by atoms with Crippen LogP contribution in [0.2, 0.25) is 0 Å². The normalized spacial score (nSPS) is 11.9. The van der Waals surface area contributed by atoms with E-state index in [2.05, 4.69) is 265 Å². The maximum absolute atomic E-state index is 6.50. The van der Waals surface area contributed by atoms with Crippen molar-refractivity contribution >= 4 is 87.8 Å². The Hall–Kier alpha value is -11.2. The van der Waals surface area contributed by atoms with E-state index in [0.717, 1.165) is 157 Å². The summed E-state index contributed by atoms with van der Waals surface area (Å²) in [6.45, 7) is 30.2. The van der Waals surface area contributed by atoms with Gasteiger partial charge >= 0.3 is 0 Å². The van der Waals surface area contributed by atoms with Crippen LogP contribution >= 0.6 is 0 Å². The molecule has 0 aliphatic rings. The Balaban J connectivity index is 0.000000121. The summed E-state index contributed by atoms with van der Waals surface area (Å²) in [5, 5.41) is 24.2. The largest absolute Gasteiger partial charge is 0.456 e. The van der Waals surface area contributed by atoms with Crippen LogP contribution in [0.25, 0.3) is 139 Å². The monoisotopic (exact) mass is 1290 g/mol. The number of para-hydroxylation sites is 4. The minimum absolute atomic E-state index is 0.265. The van der Waals surface area contributed by atoms with E-state index >= 15 is 0 Å². The molecule has 488 valence electrons. The zero-order valence-electron chi connectivity index (χ0n) is 59.1. The molecular formula is C85H82N9O4+3. The fraction of sp³-hybridized carbons (Fsp3) is 0.224. The van der Waals surface area contributed by atoms with Crippen LogP contribution in [0, 0.1) is 69.2 Å². The maximum atomic E-state index is 6.50. The Morgan fingerprint density at radius 3 is 1.10 bits per heavy atom. The molecule has 0 bridgehead atoms. The molecule has 13 heteroatoms. The lowest BCUT2D eigenvalue weighted by Crippen LogP contribution is -2.33. The number of fused-ring (bicyclic) bond motifs is 12. The number of aryl methyl sites for hydroxylation is 10. The van der Waals surface area contributed by atoms with Crippen molar-refractivity contribution in [3.8, 4) is 51.2 Å². The van der Waals surface area contributed by atoms with Gasteiger partial charge in [0.1, 0.15) is 44.7 Å². The summed E-state index contributed by atoms with van der Waals surface area (Å²) in [6.07, 6.45) is 0. The third kappa shape index (κ3) is 10.0. The van der Waals surface area contributed by atoms with E-state index < -0.39 is 0 Å². The van der Waals surface area contributed by atoms with E-state index in [1.165, 1.54) is 49.7 Å². The van der Waals surface area contributed by atoms with Gasteiger partial charge in [-0.1, -0.05) is 163 Å². The summed E-state index contributed by atoms with van der Waals surface area (Å²) in [7, 11) is 6.24. The van der Waals surface area contributed by atoms with Crippen LogP contribution in [-0.2, 0) is 21.1 Å². The van der Waals surface area contributed by atoms with Gasteiger partial charge in [-0.25, -0.2) is 13.7 Å². The standard InChI is InChI=1S/C31H26N3O2.C29H32N3O.C25H24N3O/c1-17-14-15-23-21-10-6-8-12-25(21)36-30(23)27(17)31-33(5)20(4)32-34(31)28-18(2)16-24-22-11-7-9-13-26(22)35-29(24)19(28)3;1-17(2)23-16-24-22-14-10-11-15-25(22)33-28(24)26(18(3)4)27(23)32-29(31(7)20(6)30-32)21-13-9-8-12-19(21)5;1-15-10-6-7-11-19(15)25-27(5)18(4)26-28(25)23-16(2)14-21-20-12-8-9-13-22(20)29-24(21)17(23)3/h6-16H,1-5H3;8-18H,1-7H3;6-14H,1-5H3/q3*+1. The van der Waals surface area contributed by atoms with Crippen molar-refractivity contribution in [3.63, 3.8) is 0 Å². The van der Waals surface area contributed by atoms with Gasteiger partial charge in [0.2, 0.25) is 0 Å². The van der Waals surface area contributed by atoms with E-state index in [0.29, 0.717) is 5.92 Å². The number of benzene rings is 10. The smallest absolute Gasteiger partial charge is 0.277 e. The molecule has 0 aliphatic carbocycles. The van der Waals surface area contributed by atoms with Gasteiger partial charge in [-0.3, -0.25) is 0 Å². The lowest BCUT2D eigenvalue weighted by molar-refractivity contribution is -0.667. The number of rotatable bonds is 8. The first-order chi connectivity index (χ1) is 47.2. The zero-order chi connectivity index (χ0) is 68.4. The molecule has 0 amide bonds. The van der Waals surface area contributed by atoms with Crippen molar-refractivity contribution in [3.05, 3.63) is 243 Å². The first-order valence-electron chi connectivity index (χ1n) is 33.9. The summed E-state index contributed by atoms with van der Waals surface area (Å²) in [5.74, 6) is 6.59. The Bertz CT molecular complexity index is 6070. The SMILES string of the molecule is Cc1cc2c(oc3ccccc32)c(C)c1-n1nc(C)[n+](C)c1-c1c(C)ccc2c1oc1ccccc12.Cc1ccccc1-c1n(-c2c(C(C)C)cc3c(oc4ccccc43)c2C(C)C)nc(C)[n+]1C.Cc1ccccc1-c1n(-c2c(C)cc3c(oc4ccccc43)c2C)nc(C)[n+]1C. The average molecular weight is 1290 g/mol. The van der Waals surface area contributed by atoms with Crippen LogP contribution in [-0.4, -0.2) is 29.3 Å². The second kappa shape index (κ2) is 24.2. The lowest BCUT2D eigenvalue weighted by atomic mass is 9.90. The predicted molar refractivity (Wildman–Crippen MR) is 395 cm³/mol. The molecule has 0 unspecified atom stereocenters. The predicted octanol–water partition coefficient (Wildman–Crippen LogP) is 20.0. The molecule has 98 heavy (non-hydrogen) atoms. The van der Waals surface area contributed by atoms with Gasteiger partial charge < -0.3 is 17.7 Å². The molecule has 17 aromatic rings. The second-order valence-corrected chi connectivity index (χ2v) is 27.2. The summed E-state index contributed by atoms with van der Waals surface area (Å²) in [6, 6.07) is 61.1. The Morgan fingerprint density at radius 1 is 0.316 bits per heavy atom. The summed E-state index contributed by atoms with van der Waals surface area (Å²) >= 11 is 0. The fourth-order valence-electron chi connectivity index (χ4n) is 14.9. The molecule has 0 radical (unpaired) electrons. The van der Waals surface area contributed by atoms with Crippen molar-refractivity contribution in [1.29, 1.82) is 0 Å². The van der Waals surface area contributed by atoms with Gasteiger partial charge in [0.15, 0.2) is 17.1 Å². The molecular weight excluding hydrogens is 1210 g/mol. The number of nitrogens with zero attached hydrogens (tertiary/aromatic N) is 9. The maximum Gasteiger partial charge on any atom is 0.277 e. The number of hydrogen-bond acceptors (Lipinski definition) is 7. The molecule has 7 heterocycles. The molecule has 17 rings (SSSR count). The average Bonchev–Trinajstić information content (AvgIpc) is 1.56. The lowest BCUT2D eigenvalue weighted by Gasteiger charge is -2.18. The molecule has 0 saturated carbocycles. The topological polar surface area (TPSA) is 118 Å². The Kier molecular flexibility index (Phi) is 15.5.